The number of anilines is 2. The highest BCUT2D eigenvalue weighted by molar-refractivity contribution is 5.64. The van der Waals surface area contributed by atoms with Crippen molar-refractivity contribution >= 4 is 17.3 Å². The van der Waals surface area contributed by atoms with Crippen molar-refractivity contribution in [1.82, 2.24) is 14.4 Å². The minimum Gasteiger partial charge on any atom is -0.382 e. The van der Waals surface area contributed by atoms with E-state index in [4.69, 9.17) is 5.73 Å². The third kappa shape index (κ3) is 1.81. The molecule has 0 amide bonds. The minimum atomic E-state index is 0.482. The second-order valence-electron chi connectivity index (χ2n) is 4.88. The number of rotatable bonds is 4. The fraction of sp³-hybridized carbons (Fsp3) is 0.500. The van der Waals surface area contributed by atoms with E-state index in [1.165, 1.54) is 19.3 Å². The highest BCUT2D eigenvalue weighted by atomic mass is 15.1. The van der Waals surface area contributed by atoms with Gasteiger partial charge in [-0.3, -0.25) is 0 Å². The van der Waals surface area contributed by atoms with Crippen molar-refractivity contribution in [2.45, 2.75) is 26.2 Å². The van der Waals surface area contributed by atoms with Gasteiger partial charge in [-0.25, -0.2) is 9.97 Å². The predicted molar refractivity (Wildman–Crippen MR) is 67.8 cm³/mol. The summed E-state index contributed by atoms with van der Waals surface area (Å²) in [6.07, 6.45) is 9.25. The van der Waals surface area contributed by atoms with Crippen molar-refractivity contribution in [1.29, 1.82) is 0 Å². The third-order valence-electron chi connectivity index (χ3n) is 3.73. The van der Waals surface area contributed by atoms with E-state index < -0.39 is 0 Å². The van der Waals surface area contributed by atoms with Crippen LogP contribution in [0.15, 0.2) is 18.6 Å². The lowest BCUT2D eigenvalue weighted by Crippen LogP contribution is -2.16. The first-order valence-corrected chi connectivity index (χ1v) is 6.05. The summed E-state index contributed by atoms with van der Waals surface area (Å²) in [6.45, 7) is 3.20. The van der Waals surface area contributed by atoms with E-state index in [0.717, 1.165) is 18.0 Å². The maximum atomic E-state index is 5.77. The highest BCUT2D eigenvalue weighted by Gasteiger charge is 2.40. The summed E-state index contributed by atoms with van der Waals surface area (Å²) in [4.78, 5) is 8.61. The SMILES string of the molecule is CCC1(CNc2nc(N)cn3ccnc23)CC1. The number of nitrogens with two attached hydrogens (primary N) is 1. The van der Waals surface area contributed by atoms with Crippen molar-refractivity contribution in [2.75, 3.05) is 17.6 Å². The van der Waals surface area contributed by atoms with E-state index in [0.29, 0.717) is 11.2 Å². The number of nitrogens with one attached hydrogen (secondary N) is 1. The van der Waals surface area contributed by atoms with Crippen LogP contribution in [0.25, 0.3) is 5.65 Å². The molecular weight excluding hydrogens is 214 g/mol. The lowest BCUT2D eigenvalue weighted by atomic mass is 10.0. The molecule has 0 bridgehead atoms. The van der Waals surface area contributed by atoms with Gasteiger partial charge in [-0.2, -0.15) is 0 Å². The number of nitrogen functional groups attached to an aromatic ring is 1. The smallest absolute Gasteiger partial charge is 0.180 e. The van der Waals surface area contributed by atoms with Gasteiger partial charge in [0.25, 0.3) is 0 Å². The summed E-state index contributed by atoms with van der Waals surface area (Å²) in [5.41, 5.74) is 7.09. The summed E-state index contributed by atoms with van der Waals surface area (Å²) < 4.78 is 1.90. The molecule has 5 nitrogen and oxygen atoms in total. The normalized spacial score (nSPS) is 17.2. The van der Waals surface area contributed by atoms with Crippen LogP contribution in [0.2, 0.25) is 0 Å². The zero-order valence-electron chi connectivity index (χ0n) is 9.98. The number of aromatic nitrogens is 3. The molecular formula is C12H17N5. The first kappa shape index (κ1) is 10.4. The largest absolute Gasteiger partial charge is 0.382 e. The average molecular weight is 231 g/mol. The maximum Gasteiger partial charge on any atom is 0.180 e. The topological polar surface area (TPSA) is 68.2 Å². The Balaban J connectivity index is 1.86. The van der Waals surface area contributed by atoms with E-state index in [2.05, 4.69) is 22.2 Å². The van der Waals surface area contributed by atoms with Crippen molar-refractivity contribution in [3.8, 4) is 0 Å². The molecule has 0 atom stereocenters. The summed E-state index contributed by atoms with van der Waals surface area (Å²) in [7, 11) is 0. The van der Waals surface area contributed by atoms with Crippen LogP contribution in [0.4, 0.5) is 11.6 Å². The Bertz CT molecular complexity index is 541. The Labute approximate surface area is 100 Å². The summed E-state index contributed by atoms with van der Waals surface area (Å²) in [6, 6.07) is 0. The Morgan fingerprint density at radius 3 is 3.06 bits per heavy atom. The number of nitrogens with zero attached hydrogens (tertiary/aromatic N) is 3. The van der Waals surface area contributed by atoms with E-state index in [9.17, 15) is 0 Å². The molecule has 1 fully saturated rings. The standard InChI is InChI=1S/C12H17N5/c1-2-12(3-4-12)8-15-10-11-14-5-6-17(11)7-9(13)16-10/h5-7H,2-4,8,13H2,1H3,(H,15,16). The Kier molecular flexibility index (Phi) is 2.21. The molecule has 5 heteroatoms. The molecule has 0 spiro atoms. The molecule has 2 aromatic rings. The second kappa shape index (κ2) is 3.61. The van der Waals surface area contributed by atoms with Crippen LogP contribution in [0.3, 0.4) is 0 Å². The summed E-state index contributed by atoms with van der Waals surface area (Å²) in [5, 5.41) is 3.39. The Hall–Kier alpha value is -1.78. The molecule has 0 saturated heterocycles. The van der Waals surface area contributed by atoms with Crippen molar-refractivity contribution in [3.63, 3.8) is 0 Å². The molecule has 1 aliphatic carbocycles. The maximum absolute atomic E-state index is 5.77. The van der Waals surface area contributed by atoms with Gasteiger partial charge in [0, 0.05) is 18.9 Å². The first-order valence-electron chi connectivity index (χ1n) is 6.05. The van der Waals surface area contributed by atoms with Crippen molar-refractivity contribution < 1.29 is 0 Å². The first-order chi connectivity index (χ1) is 8.22. The number of imidazole rings is 1. The zero-order chi connectivity index (χ0) is 11.9. The number of fused-ring (bicyclic) bond motifs is 1. The molecule has 0 radical (unpaired) electrons. The van der Waals surface area contributed by atoms with E-state index >= 15 is 0 Å². The van der Waals surface area contributed by atoms with Gasteiger partial charge in [0.2, 0.25) is 0 Å². The van der Waals surface area contributed by atoms with Gasteiger partial charge in [-0.15, -0.1) is 0 Å². The highest BCUT2D eigenvalue weighted by Crippen LogP contribution is 2.48. The Morgan fingerprint density at radius 1 is 1.53 bits per heavy atom. The number of hydrogen-bond acceptors (Lipinski definition) is 4. The third-order valence-corrected chi connectivity index (χ3v) is 3.73. The van der Waals surface area contributed by atoms with Crippen molar-refractivity contribution in [2.24, 2.45) is 5.41 Å². The average Bonchev–Trinajstić information content (AvgIpc) is 2.96. The van der Waals surface area contributed by atoms with Gasteiger partial charge in [0.1, 0.15) is 5.82 Å². The molecule has 2 heterocycles. The lowest BCUT2D eigenvalue weighted by molar-refractivity contribution is 0.521. The summed E-state index contributed by atoms with van der Waals surface area (Å²) in [5.74, 6) is 1.30. The summed E-state index contributed by atoms with van der Waals surface area (Å²) >= 11 is 0. The minimum absolute atomic E-state index is 0.482. The van der Waals surface area contributed by atoms with Gasteiger partial charge < -0.3 is 15.5 Å². The molecule has 0 unspecified atom stereocenters. The predicted octanol–water partition coefficient (Wildman–Crippen LogP) is 1.91. The Morgan fingerprint density at radius 2 is 2.35 bits per heavy atom. The molecule has 17 heavy (non-hydrogen) atoms. The number of hydrogen-bond donors (Lipinski definition) is 2. The molecule has 0 aromatic carbocycles. The van der Waals surface area contributed by atoms with Crippen LogP contribution >= 0.6 is 0 Å². The fourth-order valence-electron chi connectivity index (χ4n) is 2.17. The van der Waals surface area contributed by atoms with Crippen LogP contribution in [0.1, 0.15) is 26.2 Å². The monoisotopic (exact) mass is 231 g/mol. The van der Waals surface area contributed by atoms with Gasteiger partial charge in [-0.05, 0) is 24.7 Å². The molecule has 3 rings (SSSR count). The molecule has 3 N–H and O–H groups in total. The van der Waals surface area contributed by atoms with Crippen LogP contribution in [-0.4, -0.2) is 20.9 Å². The lowest BCUT2D eigenvalue weighted by Gasteiger charge is -2.14. The van der Waals surface area contributed by atoms with E-state index in [1.807, 2.05) is 10.6 Å². The zero-order valence-corrected chi connectivity index (χ0v) is 9.98. The van der Waals surface area contributed by atoms with E-state index in [-0.39, 0.29) is 0 Å². The van der Waals surface area contributed by atoms with Crippen LogP contribution in [0.5, 0.6) is 0 Å². The molecule has 0 aliphatic heterocycles. The van der Waals surface area contributed by atoms with Crippen LogP contribution in [0, 0.1) is 5.41 Å². The molecule has 2 aromatic heterocycles. The second-order valence-corrected chi connectivity index (χ2v) is 4.88. The van der Waals surface area contributed by atoms with E-state index in [1.54, 1.807) is 12.4 Å². The molecule has 90 valence electrons. The van der Waals surface area contributed by atoms with Crippen LogP contribution in [-0.2, 0) is 0 Å². The fourth-order valence-corrected chi connectivity index (χ4v) is 2.17. The molecule has 1 saturated carbocycles. The molecule has 1 aliphatic rings. The van der Waals surface area contributed by atoms with Gasteiger partial charge in [0.15, 0.2) is 11.5 Å². The van der Waals surface area contributed by atoms with Gasteiger partial charge in [0.05, 0.1) is 6.20 Å². The van der Waals surface area contributed by atoms with Crippen molar-refractivity contribution in [3.05, 3.63) is 18.6 Å². The van der Waals surface area contributed by atoms with Gasteiger partial charge in [-0.1, -0.05) is 6.92 Å². The van der Waals surface area contributed by atoms with Gasteiger partial charge >= 0.3 is 0 Å². The quantitative estimate of drug-likeness (QED) is 0.843. The van der Waals surface area contributed by atoms with Crippen LogP contribution < -0.4 is 11.1 Å².